The van der Waals surface area contributed by atoms with Gasteiger partial charge < -0.3 is 11.1 Å². The molecule has 60 valence electrons. The number of nitrogens with one attached hydrogen (secondary N) is 1. The van der Waals surface area contributed by atoms with Crippen molar-refractivity contribution in [1.82, 2.24) is 10.3 Å². The summed E-state index contributed by atoms with van der Waals surface area (Å²) in [6, 6.07) is 0.748. The topological polar surface area (TPSA) is 50.9 Å². The Balaban J connectivity index is 1.85. The third-order valence-corrected chi connectivity index (χ3v) is 2.44. The van der Waals surface area contributed by atoms with Gasteiger partial charge in [-0.3, -0.25) is 0 Å². The lowest BCUT2D eigenvalue weighted by Gasteiger charge is -1.96. The molecule has 0 aromatic carbocycles. The number of hydrogen-bond donors (Lipinski definition) is 2. The Morgan fingerprint density at radius 3 is 3.09 bits per heavy atom. The molecule has 1 aliphatic rings. The van der Waals surface area contributed by atoms with Crippen LogP contribution in [0.5, 0.6) is 0 Å². The normalized spacial score (nSPS) is 17.1. The monoisotopic (exact) mass is 169 g/mol. The molecule has 1 fully saturated rings. The molecule has 2 rings (SSSR count). The van der Waals surface area contributed by atoms with E-state index in [9.17, 15) is 0 Å². The van der Waals surface area contributed by atoms with E-state index in [1.54, 1.807) is 0 Å². The summed E-state index contributed by atoms with van der Waals surface area (Å²) in [5, 5.41) is 6.04. The molecule has 1 saturated carbocycles. The van der Waals surface area contributed by atoms with Crippen LogP contribution in [0.1, 0.15) is 18.5 Å². The summed E-state index contributed by atoms with van der Waals surface area (Å²) in [5.41, 5.74) is 6.55. The van der Waals surface area contributed by atoms with E-state index in [0.717, 1.165) is 18.3 Å². The van der Waals surface area contributed by atoms with E-state index in [0.29, 0.717) is 5.13 Å². The molecule has 1 heterocycles. The second-order valence-corrected chi connectivity index (χ2v) is 3.72. The fourth-order valence-corrected chi connectivity index (χ4v) is 1.50. The summed E-state index contributed by atoms with van der Waals surface area (Å²) in [6.45, 7) is 0.873. The van der Waals surface area contributed by atoms with Crippen LogP contribution in [0.2, 0.25) is 0 Å². The molecular formula is C7H11N3S. The third-order valence-electron chi connectivity index (χ3n) is 1.72. The number of nitrogen functional groups attached to an aromatic ring is 1. The summed E-state index contributed by atoms with van der Waals surface area (Å²) in [5.74, 6) is 0. The number of nitrogens with zero attached hydrogens (tertiary/aromatic N) is 1. The summed E-state index contributed by atoms with van der Waals surface area (Å²) in [4.78, 5) is 4.14. The van der Waals surface area contributed by atoms with Crippen LogP contribution in [0, 0.1) is 0 Å². The van der Waals surface area contributed by atoms with Gasteiger partial charge in [-0.15, -0.1) is 11.3 Å². The van der Waals surface area contributed by atoms with Crippen molar-refractivity contribution < 1.29 is 0 Å². The van der Waals surface area contributed by atoms with Gasteiger partial charge in [0.2, 0.25) is 0 Å². The van der Waals surface area contributed by atoms with Gasteiger partial charge in [-0.25, -0.2) is 4.98 Å². The molecular weight excluding hydrogens is 158 g/mol. The van der Waals surface area contributed by atoms with Crippen molar-refractivity contribution in [2.75, 3.05) is 5.73 Å². The smallest absolute Gasteiger partial charge is 0.180 e. The van der Waals surface area contributed by atoms with Crippen molar-refractivity contribution in [3.05, 3.63) is 11.1 Å². The molecule has 4 heteroatoms. The molecule has 11 heavy (non-hydrogen) atoms. The lowest BCUT2D eigenvalue weighted by atomic mass is 10.5. The Kier molecular flexibility index (Phi) is 1.79. The molecule has 0 saturated heterocycles. The molecule has 0 spiro atoms. The molecule has 0 unspecified atom stereocenters. The number of hydrogen-bond acceptors (Lipinski definition) is 4. The zero-order valence-electron chi connectivity index (χ0n) is 6.21. The van der Waals surface area contributed by atoms with Crippen LogP contribution in [-0.4, -0.2) is 11.0 Å². The van der Waals surface area contributed by atoms with Crippen molar-refractivity contribution in [2.24, 2.45) is 0 Å². The number of anilines is 1. The molecule has 1 aromatic heterocycles. The van der Waals surface area contributed by atoms with Gasteiger partial charge >= 0.3 is 0 Å². The van der Waals surface area contributed by atoms with E-state index < -0.39 is 0 Å². The molecule has 0 atom stereocenters. The van der Waals surface area contributed by atoms with Crippen molar-refractivity contribution in [3.63, 3.8) is 0 Å². The lowest BCUT2D eigenvalue weighted by molar-refractivity contribution is 0.678. The predicted molar refractivity (Wildman–Crippen MR) is 46.4 cm³/mol. The zero-order chi connectivity index (χ0) is 7.68. The van der Waals surface area contributed by atoms with E-state index in [1.165, 1.54) is 24.2 Å². The highest BCUT2D eigenvalue weighted by Crippen LogP contribution is 2.19. The van der Waals surface area contributed by atoms with E-state index >= 15 is 0 Å². The van der Waals surface area contributed by atoms with Gasteiger partial charge in [-0.2, -0.15) is 0 Å². The molecule has 0 aliphatic heterocycles. The minimum absolute atomic E-state index is 0.664. The minimum atomic E-state index is 0.664. The molecule has 0 radical (unpaired) electrons. The van der Waals surface area contributed by atoms with E-state index in [1.807, 2.05) is 5.38 Å². The summed E-state index contributed by atoms with van der Waals surface area (Å²) < 4.78 is 0. The maximum atomic E-state index is 5.48. The summed E-state index contributed by atoms with van der Waals surface area (Å²) in [6.07, 6.45) is 2.64. The highest BCUT2D eigenvalue weighted by molar-refractivity contribution is 7.13. The Labute approximate surface area is 69.6 Å². The van der Waals surface area contributed by atoms with Crippen LogP contribution in [0.4, 0.5) is 5.13 Å². The number of rotatable bonds is 3. The van der Waals surface area contributed by atoms with Gasteiger partial charge in [0.05, 0.1) is 5.69 Å². The molecule has 1 aromatic rings. The largest absolute Gasteiger partial charge is 0.375 e. The quantitative estimate of drug-likeness (QED) is 0.709. The first kappa shape index (κ1) is 7.06. The molecule has 0 amide bonds. The van der Waals surface area contributed by atoms with Gasteiger partial charge in [0.25, 0.3) is 0 Å². The fraction of sp³-hybridized carbons (Fsp3) is 0.571. The van der Waals surface area contributed by atoms with E-state index in [-0.39, 0.29) is 0 Å². The first-order valence-corrected chi connectivity index (χ1v) is 4.66. The Hall–Kier alpha value is -0.610. The van der Waals surface area contributed by atoms with Crippen LogP contribution >= 0.6 is 11.3 Å². The second kappa shape index (κ2) is 2.79. The van der Waals surface area contributed by atoms with Gasteiger partial charge in [-0.05, 0) is 12.8 Å². The van der Waals surface area contributed by atoms with Gasteiger partial charge in [0, 0.05) is 18.0 Å². The Bertz CT molecular complexity index is 242. The maximum Gasteiger partial charge on any atom is 0.180 e. The van der Waals surface area contributed by atoms with Gasteiger partial charge in [0.1, 0.15) is 0 Å². The fourth-order valence-electron chi connectivity index (χ4n) is 0.940. The van der Waals surface area contributed by atoms with Crippen LogP contribution in [0.3, 0.4) is 0 Å². The molecule has 0 bridgehead atoms. The summed E-state index contributed by atoms with van der Waals surface area (Å²) >= 11 is 1.50. The standard InChI is InChI=1S/C7H11N3S/c8-7-10-6(4-11-7)3-9-5-1-2-5/h4-5,9H,1-3H2,(H2,8,10). The van der Waals surface area contributed by atoms with Crippen LogP contribution in [0.25, 0.3) is 0 Å². The number of aromatic nitrogens is 1. The first-order chi connectivity index (χ1) is 5.34. The SMILES string of the molecule is Nc1nc(CNC2CC2)cs1. The van der Waals surface area contributed by atoms with Gasteiger partial charge in [-0.1, -0.05) is 0 Å². The van der Waals surface area contributed by atoms with Crippen molar-refractivity contribution >= 4 is 16.5 Å². The average Bonchev–Trinajstić information content (AvgIpc) is 2.72. The molecule has 3 N–H and O–H groups in total. The van der Waals surface area contributed by atoms with Gasteiger partial charge in [0.15, 0.2) is 5.13 Å². The predicted octanol–water partition coefficient (Wildman–Crippen LogP) is 0.977. The van der Waals surface area contributed by atoms with Crippen LogP contribution in [0.15, 0.2) is 5.38 Å². The summed E-state index contributed by atoms with van der Waals surface area (Å²) in [7, 11) is 0. The lowest BCUT2D eigenvalue weighted by Crippen LogP contribution is -2.15. The van der Waals surface area contributed by atoms with Crippen LogP contribution in [-0.2, 0) is 6.54 Å². The van der Waals surface area contributed by atoms with E-state index in [4.69, 9.17) is 5.73 Å². The van der Waals surface area contributed by atoms with Crippen molar-refractivity contribution in [3.8, 4) is 0 Å². The first-order valence-electron chi connectivity index (χ1n) is 3.78. The van der Waals surface area contributed by atoms with Crippen molar-refractivity contribution in [1.29, 1.82) is 0 Å². The molecule has 3 nitrogen and oxygen atoms in total. The highest BCUT2D eigenvalue weighted by Gasteiger charge is 2.20. The van der Waals surface area contributed by atoms with Crippen molar-refractivity contribution in [2.45, 2.75) is 25.4 Å². The third kappa shape index (κ3) is 1.91. The van der Waals surface area contributed by atoms with E-state index in [2.05, 4.69) is 10.3 Å². The Morgan fingerprint density at radius 2 is 2.55 bits per heavy atom. The molecule has 1 aliphatic carbocycles. The minimum Gasteiger partial charge on any atom is -0.375 e. The maximum absolute atomic E-state index is 5.48. The Morgan fingerprint density at radius 1 is 1.73 bits per heavy atom. The number of nitrogens with two attached hydrogens (primary N) is 1. The highest BCUT2D eigenvalue weighted by atomic mass is 32.1. The zero-order valence-corrected chi connectivity index (χ0v) is 7.03. The average molecular weight is 169 g/mol. The van der Waals surface area contributed by atoms with Crippen LogP contribution < -0.4 is 11.1 Å². The second-order valence-electron chi connectivity index (χ2n) is 2.83. The number of thiazole rings is 1.